The number of halogens is 1. The van der Waals surface area contributed by atoms with Crippen molar-refractivity contribution in [3.63, 3.8) is 0 Å². The van der Waals surface area contributed by atoms with Gasteiger partial charge in [-0.1, -0.05) is 48.0 Å². The second kappa shape index (κ2) is 12.2. The van der Waals surface area contributed by atoms with Gasteiger partial charge in [0.1, 0.15) is 6.61 Å². The van der Waals surface area contributed by atoms with E-state index in [2.05, 4.69) is 16.6 Å². The van der Waals surface area contributed by atoms with Gasteiger partial charge in [-0.25, -0.2) is 5.43 Å². The van der Waals surface area contributed by atoms with E-state index in [1.54, 1.807) is 36.4 Å². The van der Waals surface area contributed by atoms with E-state index in [0.717, 1.165) is 0 Å². The van der Waals surface area contributed by atoms with Crippen LogP contribution in [0.25, 0.3) is 0 Å². The van der Waals surface area contributed by atoms with Crippen molar-refractivity contribution in [1.29, 1.82) is 5.26 Å². The predicted octanol–water partition coefficient (Wildman–Crippen LogP) is 4.79. The highest BCUT2D eigenvalue weighted by atomic mass is 35.5. The summed E-state index contributed by atoms with van der Waals surface area (Å²) in [5.41, 5.74) is 4.25. The number of nitro benzene ring substituents is 1. The summed E-state index contributed by atoms with van der Waals surface area (Å²) in [6.45, 7) is 2.29. The Kier molecular flexibility index (Phi) is 8.76. The largest absolute Gasteiger partial charge is 0.490 e. The normalized spacial score (nSPS) is 10.5. The molecular weight excluding hydrogens is 472 g/mol. The number of hydrogen-bond acceptors (Lipinski definition) is 7. The van der Waals surface area contributed by atoms with Crippen LogP contribution in [0.1, 0.15) is 29.2 Å². The number of nitro groups is 1. The zero-order valence-electron chi connectivity index (χ0n) is 18.7. The molecule has 0 spiro atoms. The minimum Gasteiger partial charge on any atom is -0.490 e. The van der Waals surface area contributed by atoms with E-state index in [4.69, 9.17) is 21.1 Å². The van der Waals surface area contributed by atoms with Crippen molar-refractivity contribution < 1.29 is 19.2 Å². The van der Waals surface area contributed by atoms with E-state index in [0.29, 0.717) is 34.8 Å². The quantitative estimate of drug-likeness (QED) is 0.246. The fraction of sp³-hybridized carbons (Fsp3) is 0.160. The number of para-hydroxylation sites is 1. The number of rotatable bonds is 10. The number of nitrogens with zero attached hydrogens (tertiary/aromatic N) is 3. The van der Waals surface area contributed by atoms with Crippen LogP contribution in [0, 0.1) is 21.4 Å². The summed E-state index contributed by atoms with van der Waals surface area (Å²) >= 11 is 6.42. The highest BCUT2D eigenvalue weighted by molar-refractivity contribution is 6.32. The van der Waals surface area contributed by atoms with Crippen molar-refractivity contribution in [2.24, 2.45) is 5.10 Å². The van der Waals surface area contributed by atoms with Crippen molar-refractivity contribution in [3.05, 3.63) is 98.1 Å². The van der Waals surface area contributed by atoms with Crippen LogP contribution in [-0.2, 0) is 17.8 Å². The second-order valence-corrected chi connectivity index (χ2v) is 7.58. The zero-order valence-corrected chi connectivity index (χ0v) is 19.5. The Labute approximate surface area is 206 Å². The lowest BCUT2D eigenvalue weighted by atomic mass is 10.1. The Bertz CT molecular complexity index is 1300. The number of hydrogen-bond donors (Lipinski definition) is 1. The Morgan fingerprint density at radius 2 is 1.89 bits per heavy atom. The summed E-state index contributed by atoms with van der Waals surface area (Å²) in [5.74, 6) is 0.184. The van der Waals surface area contributed by atoms with E-state index in [1.807, 2.05) is 13.0 Å². The van der Waals surface area contributed by atoms with Gasteiger partial charge in [0.05, 0.1) is 40.8 Å². The molecule has 9 nitrogen and oxygen atoms in total. The number of nitriles is 1. The number of carbonyl (C=O) groups excluding carboxylic acids is 1. The molecule has 0 fully saturated rings. The molecule has 1 N–H and O–H groups in total. The Hall–Kier alpha value is -4.42. The third-order valence-electron chi connectivity index (χ3n) is 4.78. The SMILES string of the molecule is CCOc1cc(C=NNC(=O)Cc2ccccc2[N+](=O)[O-])cc(Cl)c1OCc1ccccc1C#N. The van der Waals surface area contributed by atoms with E-state index >= 15 is 0 Å². The van der Waals surface area contributed by atoms with Crippen LogP contribution < -0.4 is 14.9 Å². The molecule has 0 aliphatic carbocycles. The van der Waals surface area contributed by atoms with Gasteiger partial charge in [-0.2, -0.15) is 10.4 Å². The number of amides is 1. The minimum atomic E-state index is -0.536. The van der Waals surface area contributed by atoms with Gasteiger partial charge in [-0.3, -0.25) is 14.9 Å². The van der Waals surface area contributed by atoms with Crippen molar-refractivity contribution in [3.8, 4) is 17.6 Å². The first-order valence-electron chi connectivity index (χ1n) is 10.5. The highest BCUT2D eigenvalue weighted by Crippen LogP contribution is 2.37. The fourth-order valence-corrected chi connectivity index (χ4v) is 3.47. The molecule has 0 aliphatic rings. The summed E-state index contributed by atoms with van der Waals surface area (Å²) in [6.07, 6.45) is 1.18. The minimum absolute atomic E-state index is 0.124. The van der Waals surface area contributed by atoms with Crippen LogP contribution in [0.4, 0.5) is 5.69 Å². The second-order valence-electron chi connectivity index (χ2n) is 7.18. The molecule has 0 saturated heterocycles. The molecule has 35 heavy (non-hydrogen) atoms. The molecule has 3 aromatic carbocycles. The fourth-order valence-electron chi connectivity index (χ4n) is 3.20. The third-order valence-corrected chi connectivity index (χ3v) is 5.06. The first-order valence-corrected chi connectivity index (χ1v) is 10.9. The third kappa shape index (κ3) is 6.79. The van der Waals surface area contributed by atoms with Gasteiger partial charge < -0.3 is 9.47 Å². The van der Waals surface area contributed by atoms with Crippen LogP contribution >= 0.6 is 11.6 Å². The Morgan fingerprint density at radius 1 is 1.17 bits per heavy atom. The van der Waals surface area contributed by atoms with Crippen molar-refractivity contribution in [1.82, 2.24) is 5.43 Å². The number of carbonyl (C=O) groups is 1. The van der Waals surface area contributed by atoms with Crippen LogP contribution in [0.3, 0.4) is 0 Å². The number of ether oxygens (including phenoxy) is 2. The highest BCUT2D eigenvalue weighted by Gasteiger charge is 2.16. The maximum absolute atomic E-state index is 12.2. The summed E-state index contributed by atoms with van der Waals surface area (Å²) in [5, 5.41) is 24.5. The first kappa shape index (κ1) is 25.2. The molecule has 0 heterocycles. The lowest BCUT2D eigenvalue weighted by Crippen LogP contribution is -2.20. The van der Waals surface area contributed by atoms with Crippen molar-refractivity contribution in [2.45, 2.75) is 20.0 Å². The molecule has 0 atom stereocenters. The smallest absolute Gasteiger partial charge is 0.273 e. The van der Waals surface area contributed by atoms with Crippen LogP contribution in [-0.4, -0.2) is 23.7 Å². The molecule has 0 aliphatic heterocycles. The summed E-state index contributed by atoms with van der Waals surface area (Å²) in [6, 6.07) is 18.5. The van der Waals surface area contributed by atoms with Crippen LogP contribution in [0.2, 0.25) is 5.02 Å². The van der Waals surface area contributed by atoms with Gasteiger partial charge in [-0.15, -0.1) is 0 Å². The van der Waals surface area contributed by atoms with E-state index in [1.165, 1.54) is 24.4 Å². The molecule has 0 saturated carbocycles. The molecular formula is C25H21ClN4O5. The molecule has 3 aromatic rings. The van der Waals surface area contributed by atoms with Gasteiger partial charge in [-0.05, 0) is 30.7 Å². The molecule has 0 unspecified atom stereocenters. The van der Waals surface area contributed by atoms with E-state index in [-0.39, 0.29) is 29.3 Å². The molecule has 10 heteroatoms. The maximum atomic E-state index is 12.2. The average molecular weight is 493 g/mol. The average Bonchev–Trinajstić information content (AvgIpc) is 2.84. The Balaban J connectivity index is 1.70. The van der Waals surface area contributed by atoms with E-state index in [9.17, 15) is 20.2 Å². The summed E-state index contributed by atoms with van der Waals surface area (Å²) in [4.78, 5) is 22.8. The Morgan fingerprint density at radius 3 is 2.60 bits per heavy atom. The number of hydrazone groups is 1. The van der Waals surface area contributed by atoms with Gasteiger partial charge in [0.2, 0.25) is 5.91 Å². The van der Waals surface area contributed by atoms with Crippen molar-refractivity contribution in [2.75, 3.05) is 6.61 Å². The maximum Gasteiger partial charge on any atom is 0.273 e. The van der Waals surface area contributed by atoms with Gasteiger partial charge >= 0.3 is 0 Å². The summed E-state index contributed by atoms with van der Waals surface area (Å²) in [7, 11) is 0. The number of nitrogens with one attached hydrogen (secondary N) is 1. The van der Waals surface area contributed by atoms with Gasteiger partial charge in [0, 0.05) is 17.2 Å². The predicted molar refractivity (Wildman–Crippen MR) is 131 cm³/mol. The zero-order chi connectivity index (χ0) is 25.2. The molecule has 0 radical (unpaired) electrons. The van der Waals surface area contributed by atoms with Crippen LogP contribution in [0.15, 0.2) is 65.8 Å². The standard InChI is InChI=1S/C25H21ClN4O5/c1-2-34-23-12-17(11-21(26)25(23)35-16-20-9-4-3-8-19(20)14-27)15-28-29-24(31)13-18-7-5-6-10-22(18)30(32)33/h3-12,15H,2,13,16H2,1H3,(H,29,31). The monoisotopic (exact) mass is 492 g/mol. The molecule has 0 bridgehead atoms. The summed E-state index contributed by atoms with van der Waals surface area (Å²) < 4.78 is 11.5. The van der Waals surface area contributed by atoms with Crippen LogP contribution in [0.5, 0.6) is 11.5 Å². The first-order chi connectivity index (χ1) is 16.9. The number of benzene rings is 3. The molecule has 1 amide bonds. The topological polar surface area (TPSA) is 127 Å². The molecule has 0 aromatic heterocycles. The lowest BCUT2D eigenvalue weighted by molar-refractivity contribution is -0.385. The van der Waals surface area contributed by atoms with Gasteiger partial charge in [0.15, 0.2) is 11.5 Å². The van der Waals surface area contributed by atoms with Crippen molar-refractivity contribution >= 4 is 29.4 Å². The lowest BCUT2D eigenvalue weighted by Gasteiger charge is -2.15. The van der Waals surface area contributed by atoms with E-state index < -0.39 is 10.8 Å². The molecule has 3 rings (SSSR count). The van der Waals surface area contributed by atoms with Gasteiger partial charge in [0.25, 0.3) is 5.69 Å². The molecule has 178 valence electrons.